The Labute approximate surface area is 117 Å². The van der Waals surface area contributed by atoms with Gasteiger partial charge in [0.25, 0.3) is 0 Å². The fourth-order valence-corrected chi connectivity index (χ4v) is 2.24. The third-order valence-electron chi connectivity index (χ3n) is 3.20. The minimum atomic E-state index is 0.179. The summed E-state index contributed by atoms with van der Waals surface area (Å²) in [5, 5.41) is 0. The smallest absolute Gasteiger partial charge is 0.119 e. The van der Waals surface area contributed by atoms with Crippen LogP contribution in [0.1, 0.15) is 46.1 Å². The molecule has 0 aromatic heterocycles. The molecule has 0 spiro atoms. The summed E-state index contributed by atoms with van der Waals surface area (Å²) >= 11 is 4.26. The van der Waals surface area contributed by atoms with Crippen molar-refractivity contribution in [1.29, 1.82) is 0 Å². The van der Waals surface area contributed by atoms with Crippen molar-refractivity contribution < 1.29 is 4.74 Å². The van der Waals surface area contributed by atoms with E-state index < -0.39 is 0 Å². The van der Waals surface area contributed by atoms with Gasteiger partial charge in [0.15, 0.2) is 0 Å². The van der Waals surface area contributed by atoms with Crippen molar-refractivity contribution in [3.63, 3.8) is 0 Å². The Hall–Kier alpha value is -0.630. The number of thiol groups is 1. The second-order valence-corrected chi connectivity index (χ2v) is 6.48. The largest absolute Gasteiger partial charge is 0.494 e. The molecule has 1 rings (SSSR count). The maximum atomic E-state index is 5.83. The van der Waals surface area contributed by atoms with Gasteiger partial charge in [0.05, 0.1) is 6.61 Å². The van der Waals surface area contributed by atoms with Gasteiger partial charge in [-0.3, -0.25) is 0 Å². The maximum absolute atomic E-state index is 5.83. The van der Waals surface area contributed by atoms with E-state index in [1.165, 1.54) is 5.56 Å². The minimum Gasteiger partial charge on any atom is -0.494 e. The molecule has 1 aromatic rings. The Kier molecular flexibility index (Phi) is 6.07. The Bertz CT molecular complexity index is 354. The third kappa shape index (κ3) is 5.34. The lowest BCUT2D eigenvalue weighted by atomic mass is 9.87. The minimum absolute atomic E-state index is 0.179. The van der Waals surface area contributed by atoms with Gasteiger partial charge in [0.2, 0.25) is 0 Å². The fraction of sp³-hybridized carbons (Fsp3) is 0.625. The Morgan fingerprint density at radius 2 is 1.94 bits per heavy atom. The van der Waals surface area contributed by atoms with Crippen LogP contribution in [0.15, 0.2) is 24.3 Å². The molecule has 18 heavy (non-hydrogen) atoms. The van der Waals surface area contributed by atoms with Crippen LogP contribution >= 0.6 is 12.6 Å². The molecule has 0 aliphatic carbocycles. The molecule has 0 fully saturated rings. The highest BCUT2D eigenvalue weighted by atomic mass is 32.1. The summed E-state index contributed by atoms with van der Waals surface area (Å²) in [5.74, 6) is 2.63. The first kappa shape index (κ1) is 15.4. The third-order valence-corrected chi connectivity index (χ3v) is 3.46. The van der Waals surface area contributed by atoms with Crippen molar-refractivity contribution in [2.24, 2.45) is 5.92 Å². The Balaban J connectivity index is 2.48. The standard InChI is InChI=1S/C16H26OS/c1-13(9-11-18)8-10-17-15-7-5-6-14(12-15)16(2,3)4/h5-7,12-13,18H,8-11H2,1-4H3. The highest BCUT2D eigenvalue weighted by molar-refractivity contribution is 7.80. The lowest BCUT2D eigenvalue weighted by molar-refractivity contribution is 0.281. The van der Waals surface area contributed by atoms with E-state index in [9.17, 15) is 0 Å². The fourth-order valence-electron chi connectivity index (χ4n) is 1.80. The summed E-state index contributed by atoms with van der Waals surface area (Å²) < 4.78 is 5.83. The SMILES string of the molecule is CC(CCS)CCOc1cccc(C(C)(C)C)c1. The molecule has 1 atom stereocenters. The van der Waals surface area contributed by atoms with Gasteiger partial charge in [0, 0.05) is 0 Å². The van der Waals surface area contributed by atoms with E-state index in [1.807, 2.05) is 6.07 Å². The molecular weight excluding hydrogens is 240 g/mol. The van der Waals surface area contributed by atoms with E-state index in [0.29, 0.717) is 5.92 Å². The first-order valence-electron chi connectivity index (χ1n) is 6.77. The average Bonchev–Trinajstić information content (AvgIpc) is 2.29. The van der Waals surface area contributed by atoms with Crippen LogP contribution < -0.4 is 4.74 Å². The summed E-state index contributed by atoms with van der Waals surface area (Å²) in [6.45, 7) is 9.72. The Morgan fingerprint density at radius 1 is 1.22 bits per heavy atom. The number of benzene rings is 1. The van der Waals surface area contributed by atoms with Crippen molar-refractivity contribution in [3.05, 3.63) is 29.8 Å². The summed E-state index contributed by atoms with van der Waals surface area (Å²) in [7, 11) is 0. The van der Waals surface area contributed by atoms with Gasteiger partial charge < -0.3 is 4.74 Å². The molecule has 0 aliphatic rings. The van der Waals surface area contributed by atoms with Crippen molar-refractivity contribution in [1.82, 2.24) is 0 Å². The van der Waals surface area contributed by atoms with E-state index in [2.05, 4.69) is 58.5 Å². The molecule has 102 valence electrons. The molecule has 2 heteroatoms. The second-order valence-electron chi connectivity index (χ2n) is 6.03. The van der Waals surface area contributed by atoms with Crippen LogP contribution in [0.25, 0.3) is 0 Å². The van der Waals surface area contributed by atoms with Crippen molar-refractivity contribution in [2.75, 3.05) is 12.4 Å². The van der Waals surface area contributed by atoms with Crippen LogP contribution in [0.4, 0.5) is 0 Å². The van der Waals surface area contributed by atoms with Crippen LogP contribution in [0.2, 0.25) is 0 Å². The molecule has 0 N–H and O–H groups in total. The van der Waals surface area contributed by atoms with Gasteiger partial charge in [-0.15, -0.1) is 0 Å². The summed E-state index contributed by atoms with van der Waals surface area (Å²) in [6.07, 6.45) is 2.26. The van der Waals surface area contributed by atoms with Gasteiger partial charge in [0.1, 0.15) is 5.75 Å². The monoisotopic (exact) mass is 266 g/mol. The highest BCUT2D eigenvalue weighted by Crippen LogP contribution is 2.25. The van der Waals surface area contributed by atoms with Crippen LogP contribution in [-0.2, 0) is 5.41 Å². The van der Waals surface area contributed by atoms with Crippen molar-refractivity contribution in [2.45, 2.75) is 46.0 Å². The molecular formula is C16H26OS. The first-order valence-corrected chi connectivity index (χ1v) is 7.41. The molecule has 0 aliphatic heterocycles. The van der Waals surface area contributed by atoms with Crippen molar-refractivity contribution >= 4 is 12.6 Å². The van der Waals surface area contributed by atoms with E-state index in [1.54, 1.807) is 0 Å². The quantitative estimate of drug-likeness (QED) is 0.734. The highest BCUT2D eigenvalue weighted by Gasteiger charge is 2.13. The molecule has 1 nitrogen and oxygen atoms in total. The predicted octanol–water partition coefficient (Wildman–Crippen LogP) is 4.71. The van der Waals surface area contributed by atoms with E-state index in [4.69, 9.17) is 4.74 Å². The molecule has 1 unspecified atom stereocenters. The normalized spacial score (nSPS) is 13.4. The molecule has 0 amide bonds. The van der Waals surface area contributed by atoms with Crippen LogP contribution in [0.3, 0.4) is 0 Å². The number of rotatable bonds is 6. The first-order chi connectivity index (χ1) is 8.43. The Morgan fingerprint density at radius 3 is 2.56 bits per heavy atom. The van der Waals surface area contributed by atoms with E-state index in [-0.39, 0.29) is 5.41 Å². The molecule has 0 heterocycles. The van der Waals surface area contributed by atoms with E-state index >= 15 is 0 Å². The average molecular weight is 266 g/mol. The van der Waals surface area contributed by atoms with Crippen LogP contribution in [0, 0.1) is 5.92 Å². The summed E-state index contributed by atoms with van der Waals surface area (Å²) in [6, 6.07) is 8.44. The molecule has 0 saturated heterocycles. The predicted molar refractivity (Wildman–Crippen MR) is 82.9 cm³/mol. The number of hydrogen-bond acceptors (Lipinski definition) is 2. The van der Waals surface area contributed by atoms with Gasteiger partial charge in [-0.05, 0) is 47.6 Å². The molecule has 0 saturated carbocycles. The van der Waals surface area contributed by atoms with E-state index in [0.717, 1.165) is 31.0 Å². The topological polar surface area (TPSA) is 9.23 Å². The molecule has 0 radical (unpaired) electrons. The van der Waals surface area contributed by atoms with Crippen LogP contribution in [-0.4, -0.2) is 12.4 Å². The molecule has 1 aromatic carbocycles. The van der Waals surface area contributed by atoms with Gasteiger partial charge >= 0.3 is 0 Å². The zero-order valence-corrected chi connectivity index (χ0v) is 13.0. The van der Waals surface area contributed by atoms with Gasteiger partial charge in [-0.1, -0.05) is 39.8 Å². The molecule has 0 bridgehead atoms. The summed E-state index contributed by atoms with van der Waals surface area (Å²) in [4.78, 5) is 0. The van der Waals surface area contributed by atoms with Crippen molar-refractivity contribution in [3.8, 4) is 5.75 Å². The lowest BCUT2D eigenvalue weighted by Gasteiger charge is -2.20. The van der Waals surface area contributed by atoms with Gasteiger partial charge in [-0.2, -0.15) is 12.6 Å². The summed E-state index contributed by atoms with van der Waals surface area (Å²) in [5.41, 5.74) is 1.50. The van der Waals surface area contributed by atoms with Gasteiger partial charge in [-0.25, -0.2) is 0 Å². The zero-order chi connectivity index (χ0) is 13.6. The number of hydrogen-bond donors (Lipinski definition) is 1. The second kappa shape index (κ2) is 7.08. The number of ether oxygens (including phenoxy) is 1. The van der Waals surface area contributed by atoms with Crippen LogP contribution in [0.5, 0.6) is 5.75 Å². The maximum Gasteiger partial charge on any atom is 0.119 e. The zero-order valence-electron chi connectivity index (χ0n) is 12.1. The lowest BCUT2D eigenvalue weighted by Crippen LogP contribution is -2.11.